The third-order valence-corrected chi connectivity index (χ3v) is 2.95. The minimum Gasteiger partial charge on any atom is -0.480 e. The molecule has 5 nitrogen and oxygen atoms in total. The highest BCUT2D eigenvalue weighted by Crippen LogP contribution is 2.29. The van der Waals surface area contributed by atoms with Crippen molar-refractivity contribution in [1.82, 2.24) is 0 Å². The summed E-state index contributed by atoms with van der Waals surface area (Å²) in [4.78, 5) is 35.2. The minimum absolute atomic E-state index is 0.0157. The van der Waals surface area contributed by atoms with E-state index in [4.69, 9.17) is 5.11 Å². The van der Waals surface area contributed by atoms with Crippen molar-refractivity contribution in [2.24, 2.45) is 0 Å². The molecule has 0 fully saturated rings. The smallest absolute Gasteiger partial charge is 0.323 e. The van der Waals surface area contributed by atoms with Gasteiger partial charge >= 0.3 is 5.97 Å². The Morgan fingerprint density at radius 3 is 2.72 bits per heavy atom. The quantitative estimate of drug-likeness (QED) is 0.812. The summed E-state index contributed by atoms with van der Waals surface area (Å²) in [6.07, 6.45) is 0.568. The third-order valence-electron chi connectivity index (χ3n) is 2.95. The summed E-state index contributed by atoms with van der Waals surface area (Å²) < 4.78 is 0. The number of benzene rings is 1. The van der Waals surface area contributed by atoms with Gasteiger partial charge in [-0.2, -0.15) is 0 Å². The van der Waals surface area contributed by atoms with Gasteiger partial charge in [0.25, 0.3) is 0 Å². The predicted molar refractivity (Wildman–Crippen MR) is 64.8 cm³/mol. The first-order chi connectivity index (χ1) is 8.52. The Bertz CT molecular complexity index is 536. The molecule has 5 heteroatoms. The highest BCUT2D eigenvalue weighted by molar-refractivity contribution is 6.05. The molecule has 0 aromatic heterocycles. The molecule has 0 spiro atoms. The van der Waals surface area contributed by atoms with Crippen LogP contribution in [0.1, 0.15) is 29.3 Å². The lowest BCUT2D eigenvalue weighted by molar-refractivity contribution is -0.136. The SMILES string of the molecule is CCC(=O)c1ccc2c(c1)CC(=O)N2CC(=O)O. The van der Waals surface area contributed by atoms with Gasteiger partial charge in [0.1, 0.15) is 6.54 Å². The number of hydrogen-bond acceptors (Lipinski definition) is 3. The second-order valence-corrected chi connectivity index (χ2v) is 4.17. The van der Waals surface area contributed by atoms with Crippen LogP contribution in [0.4, 0.5) is 5.69 Å². The van der Waals surface area contributed by atoms with Crippen LogP contribution in [0.5, 0.6) is 0 Å². The van der Waals surface area contributed by atoms with Crippen molar-refractivity contribution in [3.05, 3.63) is 29.3 Å². The molecule has 0 aliphatic carbocycles. The van der Waals surface area contributed by atoms with E-state index in [0.29, 0.717) is 17.7 Å². The second-order valence-electron chi connectivity index (χ2n) is 4.17. The average molecular weight is 247 g/mol. The van der Waals surface area contributed by atoms with Crippen molar-refractivity contribution in [1.29, 1.82) is 0 Å². The molecule has 18 heavy (non-hydrogen) atoms. The van der Waals surface area contributed by atoms with Gasteiger partial charge in [-0.25, -0.2) is 0 Å². The van der Waals surface area contributed by atoms with Gasteiger partial charge in [-0.1, -0.05) is 6.92 Å². The number of Topliss-reactive ketones (excluding diaryl/α,β-unsaturated/α-hetero) is 1. The van der Waals surface area contributed by atoms with E-state index in [2.05, 4.69) is 0 Å². The number of carboxylic acids is 1. The molecular weight excluding hydrogens is 234 g/mol. The number of fused-ring (bicyclic) bond motifs is 1. The first-order valence-corrected chi connectivity index (χ1v) is 5.71. The zero-order chi connectivity index (χ0) is 13.3. The molecule has 1 aliphatic rings. The van der Waals surface area contributed by atoms with Gasteiger partial charge in [-0.15, -0.1) is 0 Å². The van der Waals surface area contributed by atoms with Crippen molar-refractivity contribution in [2.75, 3.05) is 11.4 Å². The Labute approximate surface area is 104 Å². The maximum absolute atomic E-state index is 11.7. The molecule has 1 aromatic rings. The van der Waals surface area contributed by atoms with Gasteiger partial charge in [-0.05, 0) is 23.8 Å². The van der Waals surface area contributed by atoms with Crippen molar-refractivity contribution in [3.8, 4) is 0 Å². The fourth-order valence-corrected chi connectivity index (χ4v) is 2.07. The summed E-state index contributed by atoms with van der Waals surface area (Å²) in [5.74, 6) is -1.28. The fraction of sp³-hybridized carbons (Fsp3) is 0.308. The summed E-state index contributed by atoms with van der Waals surface area (Å²) >= 11 is 0. The maximum Gasteiger partial charge on any atom is 0.323 e. The Hall–Kier alpha value is -2.17. The van der Waals surface area contributed by atoms with Crippen LogP contribution < -0.4 is 4.90 Å². The molecular formula is C13H13NO4. The van der Waals surface area contributed by atoms with Crippen LogP contribution in [0.15, 0.2) is 18.2 Å². The predicted octanol–water partition coefficient (Wildman–Crippen LogP) is 1.25. The molecule has 1 aliphatic heterocycles. The van der Waals surface area contributed by atoms with E-state index >= 15 is 0 Å². The number of carbonyl (C=O) groups is 3. The first-order valence-electron chi connectivity index (χ1n) is 5.71. The van der Waals surface area contributed by atoms with Gasteiger partial charge in [0.2, 0.25) is 5.91 Å². The lowest BCUT2D eigenvalue weighted by Gasteiger charge is -2.14. The Balaban J connectivity index is 2.35. The van der Waals surface area contributed by atoms with Crippen LogP contribution in [-0.2, 0) is 16.0 Å². The fourth-order valence-electron chi connectivity index (χ4n) is 2.07. The number of anilines is 1. The zero-order valence-electron chi connectivity index (χ0n) is 9.97. The summed E-state index contributed by atoms with van der Waals surface area (Å²) in [6.45, 7) is 1.43. The number of rotatable bonds is 4. The number of ketones is 1. The largest absolute Gasteiger partial charge is 0.480 e. The standard InChI is InChI=1S/C13H13NO4/c1-2-11(15)8-3-4-10-9(5-8)6-12(16)14(10)7-13(17)18/h3-5H,2,6-7H2,1H3,(H,17,18). The molecule has 0 atom stereocenters. The molecule has 0 radical (unpaired) electrons. The summed E-state index contributed by atoms with van der Waals surface area (Å²) in [6, 6.07) is 4.96. The zero-order valence-corrected chi connectivity index (χ0v) is 9.97. The number of carbonyl (C=O) groups excluding carboxylic acids is 2. The number of carboxylic acid groups (broad SMARTS) is 1. The number of aliphatic carboxylic acids is 1. The molecule has 1 aromatic carbocycles. The topological polar surface area (TPSA) is 74.7 Å². The van der Waals surface area contributed by atoms with Crippen molar-refractivity contribution in [3.63, 3.8) is 0 Å². The molecule has 94 valence electrons. The monoisotopic (exact) mass is 247 g/mol. The van der Waals surface area contributed by atoms with Gasteiger partial charge in [0, 0.05) is 17.7 Å². The summed E-state index contributed by atoms with van der Waals surface area (Å²) in [5.41, 5.74) is 1.89. The first kappa shape index (κ1) is 12.3. The third kappa shape index (κ3) is 2.11. The number of hydrogen-bond donors (Lipinski definition) is 1. The second kappa shape index (κ2) is 4.60. The Morgan fingerprint density at radius 2 is 2.11 bits per heavy atom. The Morgan fingerprint density at radius 1 is 1.39 bits per heavy atom. The van der Waals surface area contributed by atoms with E-state index in [9.17, 15) is 14.4 Å². The highest BCUT2D eigenvalue weighted by atomic mass is 16.4. The average Bonchev–Trinajstić information content (AvgIpc) is 2.63. The van der Waals surface area contributed by atoms with E-state index in [1.807, 2.05) is 0 Å². The van der Waals surface area contributed by atoms with Crippen molar-refractivity contribution < 1.29 is 19.5 Å². The minimum atomic E-state index is -1.05. The molecule has 0 saturated carbocycles. The number of nitrogens with zero attached hydrogens (tertiary/aromatic N) is 1. The van der Waals surface area contributed by atoms with Crippen LogP contribution in [-0.4, -0.2) is 29.3 Å². The molecule has 2 rings (SSSR count). The van der Waals surface area contributed by atoms with E-state index in [-0.39, 0.29) is 24.7 Å². The van der Waals surface area contributed by atoms with E-state index in [0.717, 1.165) is 5.56 Å². The van der Waals surface area contributed by atoms with E-state index in [1.54, 1.807) is 25.1 Å². The van der Waals surface area contributed by atoms with Crippen LogP contribution >= 0.6 is 0 Å². The van der Waals surface area contributed by atoms with Gasteiger partial charge < -0.3 is 10.0 Å². The van der Waals surface area contributed by atoms with Crippen LogP contribution in [0.25, 0.3) is 0 Å². The summed E-state index contributed by atoms with van der Waals surface area (Å²) in [5, 5.41) is 8.75. The van der Waals surface area contributed by atoms with Crippen LogP contribution in [0, 0.1) is 0 Å². The molecule has 1 N–H and O–H groups in total. The van der Waals surface area contributed by atoms with E-state index < -0.39 is 5.97 Å². The normalized spacial score (nSPS) is 13.6. The van der Waals surface area contributed by atoms with Crippen molar-refractivity contribution >= 4 is 23.3 Å². The lowest BCUT2D eigenvalue weighted by Crippen LogP contribution is -2.32. The summed E-state index contributed by atoms with van der Waals surface area (Å²) in [7, 11) is 0. The maximum atomic E-state index is 11.7. The van der Waals surface area contributed by atoms with Crippen molar-refractivity contribution in [2.45, 2.75) is 19.8 Å². The Kier molecular flexibility index (Phi) is 3.14. The van der Waals surface area contributed by atoms with Crippen LogP contribution in [0.3, 0.4) is 0 Å². The van der Waals surface area contributed by atoms with Gasteiger partial charge in [0.05, 0.1) is 6.42 Å². The van der Waals surface area contributed by atoms with Crippen LogP contribution in [0.2, 0.25) is 0 Å². The number of amides is 1. The molecule has 1 amide bonds. The van der Waals surface area contributed by atoms with E-state index in [1.165, 1.54) is 4.90 Å². The lowest BCUT2D eigenvalue weighted by atomic mass is 10.0. The molecule has 0 unspecified atom stereocenters. The van der Waals surface area contributed by atoms with Gasteiger partial charge in [-0.3, -0.25) is 14.4 Å². The highest BCUT2D eigenvalue weighted by Gasteiger charge is 2.29. The molecule has 0 bridgehead atoms. The molecule has 1 heterocycles. The molecule has 0 saturated heterocycles. The van der Waals surface area contributed by atoms with Gasteiger partial charge in [0.15, 0.2) is 5.78 Å².